The normalized spacial score (nSPS) is 10.7. The molecule has 3 aromatic rings. The van der Waals surface area contributed by atoms with E-state index in [1.54, 1.807) is 25.6 Å². The second-order valence-electron chi connectivity index (χ2n) is 6.46. The first-order chi connectivity index (χ1) is 14.2. The van der Waals surface area contributed by atoms with Crippen LogP contribution in [0.15, 0.2) is 53.9 Å². The lowest BCUT2D eigenvalue weighted by Crippen LogP contribution is -2.22. The minimum atomic E-state index is 0.00873. The Morgan fingerprint density at radius 2 is 1.59 bits per heavy atom. The molecule has 2 aromatic carbocycles. The average molecular weight is 415 g/mol. The fourth-order valence-corrected chi connectivity index (χ4v) is 3.73. The smallest absolute Gasteiger partial charge is 0.186 e. The molecule has 7 heteroatoms. The first-order valence-corrected chi connectivity index (χ1v) is 10.2. The van der Waals surface area contributed by atoms with Gasteiger partial charge in [0, 0.05) is 18.5 Å². The highest BCUT2D eigenvalue weighted by atomic mass is 32.1. The third-order valence-corrected chi connectivity index (χ3v) is 5.26. The van der Waals surface area contributed by atoms with Gasteiger partial charge in [-0.3, -0.25) is 0 Å². The number of benzene rings is 2. The van der Waals surface area contributed by atoms with E-state index in [1.807, 2.05) is 41.8 Å². The number of aliphatic hydroxyl groups is 1. The molecule has 154 valence electrons. The molecular weight excluding hydrogens is 388 g/mol. The summed E-state index contributed by atoms with van der Waals surface area (Å²) >= 11 is 1.58. The quantitative estimate of drug-likeness (QED) is 0.481. The number of aliphatic hydroxyl groups excluding tert-OH is 1. The lowest BCUT2D eigenvalue weighted by atomic mass is 10.1. The Bertz CT molecular complexity index is 850. The second kappa shape index (κ2) is 10.8. The number of methoxy groups -OCH3 is 2. The van der Waals surface area contributed by atoms with E-state index in [0.29, 0.717) is 26.3 Å². The molecule has 0 atom stereocenters. The van der Waals surface area contributed by atoms with E-state index < -0.39 is 0 Å². The first kappa shape index (κ1) is 21.1. The van der Waals surface area contributed by atoms with Crippen LogP contribution in [0, 0.1) is 0 Å². The van der Waals surface area contributed by atoms with Gasteiger partial charge in [0.05, 0.1) is 39.7 Å². The molecule has 3 rings (SSSR count). The summed E-state index contributed by atoms with van der Waals surface area (Å²) in [6, 6.07) is 16.1. The number of nitrogens with zero attached hydrogens (tertiary/aromatic N) is 2. The molecule has 0 aliphatic carbocycles. The fraction of sp³-hybridized carbons (Fsp3) is 0.318. The van der Waals surface area contributed by atoms with Gasteiger partial charge in [0.1, 0.15) is 11.5 Å². The molecule has 0 bridgehead atoms. The summed E-state index contributed by atoms with van der Waals surface area (Å²) in [4.78, 5) is 6.96. The van der Waals surface area contributed by atoms with Gasteiger partial charge in [0.25, 0.3) is 0 Å². The SMILES string of the molecule is COc1cccc(CN(Cc2cccc(OC)c2)c2nc(COCCO)cs2)c1. The van der Waals surface area contributed by atoms with Gasteiger partial charge >= 0.3 is 0 Å². The minimum Gasteiger partial charge on any atom is -0.497 e. The summed E-state index contributed by atoms with van der Waals surface area (Å²) in [6.07, 6.45) is 0. The maximum absolute atomic E-state index is 8.88. The van der Waals surface area contributed by atoms with Gasteiger partial charge in [-0.15, -0.1) is 11.3 Å². The van der Waals surface area contributed by atoms with Crippen LogP contribution in [0.1, 0.15) is 16.8 Å². The van der Waals surface area contributed by atoms with E-state index >= 15 is 0 Å². The predicted molar refractivity (Wildman–Crippen MR) is 115 cm³/mol. The minimum absolute atomic E-state index is 0.00873. The van der Waals surface area contributed by atoms with Crippen LogP contribution in [0.25, 0.3) is 0 Å². The standard InChI is InChI=1S/C22H26N2O4S/c1-26-20-7-3-5-17(11-20)13-24(14-18-6-4-8-21(12-18)27-2)22-23-19(16-29-22)15-28-10-9-25/h3-8,11-12,16,25H,9-10,13-15H2,1-2H3. The number of rotatable bonds is 11. The van der Waals surface area contributed by atoms with Crippen LogP contribution in [-0.2, 0) is 24.4 Å². The molecule has 0 saturated carbocycles. The molecule has 0 aliphatic heterocycles. The number of thiazole rings is 1. The van der Waals surface area contributed by atoms with Gasteiger partial charge in [0.2, 0.25) is 0 Å². The Hall–Kier alpha value is -2.61. The van der Waals surface area contributed by atoms with Crippen LogP contribution in [0.5, 0.6) is 11.5 Å². The van der Waals surface area contributed by atoms with Gasteiger partial charge < -0.3 is 24.2 Å². The number of hydrogen-bond acceptors (Lipinski definition) is 7. The lowest BCUT2D eigenvalue weighted by Gasteiger charge is -2.22. The Labute approximate surface area is 175 Å². The highest BCUT2D eigenvalue weighted by Gasteiger charge is 2.14. The van der Waals surface area contributed by atoms with Crippen molar-refractivity contribution in [2.45, 2.75) is 19.7 Å². The topological polar surface area (TPSA) is 64.1 Å². The Balaban J connectivity index is 1.82. The largest absolute Gasteiger partial charge is 0.497 e. The second-order valence-corrected chi connectivity index (χ2v) is 7.29. The Morgan fingerprint density at radius 3 is 2.14 bits per heavy atom. The van der Waals surface area contributed by atoms with E-state index in [0.717, 1.165) is 33.5 Å². The van der Waals surface area contributed by atoms with Gasteiger partial charge in [-0.05, 0) is 35.4 Å². The van der Waals surface area contributed by atoms with Crippen LogP contribution >= 0.6 is 11.3 Å². The summed E-state index contributed by atoms with van der Waals surface area (Å²) in [5, 5.41) is 11.8. The number of ether oxygens (including phenoxy) is 3. The molecule has 0 amide bonds. The molecule has 1 N–H and O–H groups in total. The molecule has 29 heavy (non-hydrogen) atoms. The van der Waals surface area contributed by atoms with E-state index in [-0.39, 0.29) is 6.61 Å². The zero-order valence-electron chi connectivity index (χ0n) is 16.7. The van der Waals surface area contributed by atoms with Crippen molar-refractivity contribution < 1.29 is 19.3 Å². The Morgan fingerprint density at radius 1 is 0.966 bits per heavy atom. The number of aromatic nitrogens is 1. The van der Waals surface area contributed by atoms with E-state index in [1.165, 1.54) is 0 Å². The zero-order valence-corrected chi connectivity index (χ0v) is 17.5. The van der Waals surface area contributed by atoms with Crippen molar-refractivity contribution in [1.82, 2.24) is 4.98 Å². The van der Waals surface area contributed by atoms with Crippen molar-refractivity contribution in [2.24, 2.45) is 0 Å². The maximum atomic E-state index is 8.88. The summed E-state index contributed by atoms with van der Waals surface area (Å²) < 4.78 is 16.1. The monoisotopic (exact) mass is 414 g/mol. The van der Waals surface area contributed by atoms with Crippen LogP contribution < -0.4 is 14.4 Å². The molecular formula is C22H26N2O4S. The molecule has 0 unspecified atom stereocenters. The van der Waals surface area contributed by atoms with Gasteiger partial charge in [-0.2, -0.15) is 0 Å². The van der Waals surface area contributed by atoms with E-state index in [4.69, 9.17) is 24.3 Å². The van der Waals surface area contributed by atoms with Crippen molar-refractivity contribution >= 4 is 16.5 Å². The number of anilines is 1. The van der Waals surface area contributed by atoms with Crippen LogP contribution in [0.3, 0.4) is 0 Å². The van der Waals surface area contributed by atoms with E-state index in [2.05, 4.69) is 17.0 Å². The molecule has 0 saturated heterocycles. The summed E-state index contributed by atoms with van der Waals surface area (Å²) in [5.74, 6) is 1.67. The van der Waals surface area contributed by atoms with Gasteiger partial charge in [0.15, 0.2) is 5.13 Å². The summed E-state index contributed by atoms with van der Waals surface area (Å²) in [5.41, 5.74) is 3.14. The fourth-order valence-electron chi connectivity index (χ4n) is 2.92. The van der Waals surface area contributed by atoms with Crippen molar-refractivity contribution in [3.63, 3.8) is 0 Å². The van der Waals surface area contributed by atoms with E-state index in [9.17, 15) is 0 Å². The van der Waals surface area contributed by atoms with Gasteiger partial charge in [-0.1, -0.05) is 24.3 Å². The third kappa shape index (κ3) is 6.19. The molecule has 1 heterocycles. The van der Waals surface area contributed by atoms with Crippen molar-refractivity contribution in [3.05, 3.63) is 70.7 Å². The first-order valence-electron chi connectivity index (χ1n) is 9.35. The molecule has 0 aliphatic rings. The molecule has 0 fully saturated rings. The average Bonchev–Trinajstić information content (AvgIpc) is 3.23. The molecule has 6 nitrogen and oxygen atoms in total. The molecule has 0 spiro atoms. The lowest BCUT2D eigenvalue weighted by molar-refractivity contribution is 0.0800. The summed E-state index contributed by atoms with van der Waals surface area (Å²) in [6.45, 7) is 2.10. The maximum Gasteiger partial charge on any atom is 0.186 e. The zero-order chi connectivity index (χ0) is 20.5. The van der Waals surface area contributed by atoms with Crippen molar-refractivity contribution in [1.29, 1.82) is 0 Å². The number of hydrogen-bond donors (Lipinski definition) is 1. The summed E-state index contributed by atoms with van der Waals surface area (Å²) in [7, 11) is 3.35. The predicted octanol–water partition coefficient (Wildman–Crippen LogP) is 3.88. The van der Waals surface area contributed by atoms with Gasteiger partial charge in [-0.25, -0.2) is 4.98 Å². The highest BCUT2D eigenvalue weighted by molar-refractivity contribution is 7.13. The third-order valence-electron chi connectivity index (χ3n) is 4.31. The van der Waals surface area contributed by atoms with Crippen LogP contribution in [0.2, 0.25) is 0 Å². The highest BCUT2D eigenvalue weighted by Crippen LogP contribution is 2.27. The Kier molecular flexibility index (Phi) is 7.86. The van der Waals surface area contributed by atoms with Crippen molar-refractivity contribution in [3.8, 4) is 11.5 Å². The molecule has 1 aromatic heterocycles. The van der Waals surface area contributed by atoms with Crippen molar-refractivity contribution in [2.75, 3.05) is 32.3 Å². The van der Waals surface area contributed by atoms with Crippen LogP contribution in [-0.4, -0.2) is 37.5 Å². The molecule has 0 radical (unpaired) electrons. The van der Waals surface area contributed by atoms with Crippen LogP contribution in [0.4, 0.5) is 5.13 Å².